The highest BCUT2D eigenvalue weighted by molar-refractivity contribution is 6.29. The van der Waals surface area contributed by atoms with Crippen LogP contribution in [0.4, 0.5) is 0 Å². The van der Waals surface area contributed by atoms with Crippen molar-refractivity contribution in [3.8, 4) is 0 Å². The number of hydrogen-bond donors (Lipinski definition) is 1. The van der Waals surface area contributed by atoms with Crippen LogP contribution in [-0.2, 0) is 9.53 Å². The molecule has 1 saturated carbocycles. The van der Waals surface area contributed by atoms with Crippen LogP contribution in [0.15, 0.2) is 16.8 Å². The average molecular weight is 194 g/mol. The van der Waals surface area contributed by atoms with E-state index in [-0.39, 0.29) is 6.17 Å². The number of nitrogens with one attached hydrogen (secondary N) is 1. The van der Waals surface area contributed by atoms with E-state index < -0.39 is 0 Å². The lowest BCUT2D eigenvalue weighted by Crippen LogP contribution is -2.27. The summed E-state index contributed by atoms with van der Waals surface area (Å²) in [5.74, 6) is 0.879. The molecule has 1 aliphatic carbocycles. The summed E-state index contributed by atoms with van der Waals surface area (Å²) in [4.78, 5) is 14.8. The summed E-state index contributed by atoms with van der Waals surface area (Å²) < 4.78 is 5.65. The van der Waals surface area contributed by atoms with Crippen LogP contribution in [0.1, 0.15) is 19.3 Å². The first-order valence-electron chi connectivity index (χ1n) is 4.88. The second-order valence-corrected chi connectivity index (χ2v) is 3.60. The standard InChI is InChI=1S/C10H14N2O2/c1-11-10-5-9(14-8-2-3-8)4-7(6-13)12-10/h5-6,8,10-11H,2-4H2,1H3. The van der Waals surface area contributed by atoms with Crippen molar-refractivity contribution in [1.82, 2.24) is 5.32 Å². The summed E-state index contributed by atoms with van der Waals surface area (Å²) in [7, 11) is 1.81. The van der Waals surface area contributed by atoms with E-state index in [1.807, 2.05) is 13.1 Å². The van der Waals surface area contributed by atoms with Crippen LogP contribution < -0.4 is 5.32 Å². The molecule has 0 spiro atoms. The Morgan fingerprint density at radius 2 is 2.43 bits per heavy atom. The number of rotatable bonds is 4. The van der Waals surface area contributed by atoms with Gasteiger partial charge in [0.1, 0.15) is 11.9 Å². The van der Waals surface area contributed by atoms with Gasteiger partial charge >= 0.3 is 0 Å². The molecule has 76 valence electrons. The summed E-state index contributed by atoms with van der Waals surface area (Å²) in [5, 5.41) is 2.99. The van der Waals surface area contributed by atoms with Crippen LogP contribution in [0.3, 0.4) is 0 Å². The molecule has 0 radical (unpaired) electrons. The third kappa shape index (κ3) is 2.20. The molecule has 1 fully saturated rings. The van der Waals surface area contributed by atoms with Crippen molar-refractivity contribution in [2.24, 2.45) is 4.99 Å². The molecule has 14 heavy (non-hydrogen) atoms. The zero-order valence-electron chi connectivity index (χ0n) is 8.19. The maximum absolute atomic E-state index is 10.6. The monoisotopic (exact) mass is 194 g/mol. The second kappa shape index (κ2) is 3.92. The van der Waals surface area contributed by atoms with E-state index in [0.29, 0.717) is 18.2 Å². The Kier molecular flexibility index (Phi) is 2.63. The summed E-state index contributed by atoms with van der Waals surface area (Å²) in [5.41, 5.74) is 0.558. The number of allylic oxidation sites excluding steroid dienone is 1. The number of dihydropyridines is 1. The molecule has 0 bridgehead atoms. The largest absolute Gasteiger partial charge is 0.495 e. The average Bonchev–Trinajstić information content (AvgIpc) is 3.01. The van der Waals surface area contributed by atoms with Gasteiger partial charge in [0.2, 0.25) is 0 Å². The Morgan fingerprint density at radius 3 is 3.00 bits per heavy atom. The highest BCUT2D eigenvalue weighted by atomic mass is 16.5. The van der Waals surface area contributed by atoms with E-state index in [1.165, 1.54) is 0 Å². The number of ether oxygens (including phenoxy) is 1. The lowest BCUT2D eigenvalue weighted by molar-refractivity contribution is -0.102. The minimum absolute atomic E-state index is 0.113. The molecule has 0 aromatic rings. The molecular formula is C10H14N2O2. The fourth-order valence-corrected chi connectivity index (χ4v) is 1.38. The number of aldehydes is 1. The van der Waals surface area contributed by atoms with Crippen LogP contribution in [-0.4, -0.2) is 31.3 Å². The molecule has 4 heteroatoms. The maximum Gasteiger partial charge on any atom is 0.164 e. The minimum atomic E-state index is -0.113. The lowest BCUT2D eigenvalue weighted by Gasteiger charge is -2.18. The smallest absolute Gasteiger partial charge is 0.164 e. The van der Waals surface area contributed by atoms with Gasteiger partial charge in [-0.15, -0.1) is 0 Å². The van der Waals surface area contributed by atoms with Crippen molar-refractivity contribution in [2.75, 3.05) is 7.05 Å². The molecule has 2 rings (SSSR count). The zero-order chi connectivity index (χ0) is 9.97. The molecule has 1 heterocycles. The molecule has 1 N–H and O–H groups in total. The molecule has 1 atom stereocenters. The Balaban J connectivity index is 2.02. The zero-order valence-corrected chi connectivity index (χ0v) is 8.19. The normalized spacial score (nSPS) is 26.5. The summed E-state index contributed by atoms with van der Waals surface area (Å²) in [6.45, 7) is 0. The molecule has 0 aromatic heterocycles. The topological polar surface area (TPSA) is 50.7 Å². The maximum atomic E-state index is 10.6. The SMILES string of the molecule is CNC1C=C(OC2CC2)CC(C=O)=N1. The lowest BCUT2D eigenvalue weighted by atomic mass is 10.1. The third-order valence-electron chi connectivity index (χ3n) is 2.28. The van der Waals surface area contributed by atoms with E-state index >= 15 is 0 Å². The van der Waals surface area contributed by atoms with E-state index in [2.05, 4.69) is 10.3 Å². The van der Waals surface area contributed by atoms with Gasteiger partial charge in [-0.3, -0.25) is 15.1 Å². The first-order valence-corrected chi connectivity index (χ1v) is 4.88. The van der Waals surface area contributed by atoms with Crippen molar-refractivity contribution in [2.45, 2.75) is 31.5 Å². The molecular weight excluding hydrogens is 180 g/mol. The van der Waals surface area contributed by atoms with Crippen LogP contribution in [0.25, 0.3) is 0 Å². The van der Waals surface area contributed by atoms with E-state index in [9.17, 15) is 4.79 Å². The summed E-state index contributed by atoms with van der Waals surface area (Å²) >= 11 is 0. The Hall–Kier alpha value is -1.16. The van der Waals surface area contributed by atoms with Gasteiger partial charge in [-0.05, 0) is 26.0 Å². The molecule has 1 aliphatic heterocycles. The van der Waals surface area contributed by atoms with Gasteiger partial charge < -0.3 is 4.74 Å². The summed E-state index contributed by atoms with van der Waals surface area (Å²) in [6, 6.07) is 0. The quantitative estimate of drug-likeness (QED) is 0.668. The molecule has 4 nitrogen and oxygen atoms in total. The van der Waals surface area contributed by atoms with Crippen molar-refractivity contribution in [3.63, 3.8) is 0 Å². The van der Waals surface area contributed by atoms with Crippen LogP contribution in [0.5, 0.6) is 0 Å². The van der Waals surface area contributed by atoms with E-state index in [1.54, 1.807) is 0 Å². The molecule has 0 aromatic carbocycles. The molecule has 2 aliphatic rings. The third-order valence-corrected chi connectivity index (χ3v) is 2.28. The molecule has 0 saturated heterocycles. The predicted molar refractivity (Wildman–Crippen MR) is 53.2 cm³/mol. The van der Waals surface area contributed by atoms with E-state index in [0.717, 1.165) is 24.9 Å². The van der Waals surface area contributed by atoms with Crippen molar-refractivity contribution in [3.05, 3.63) is 11.8 Å². The fourth-order valence-electron chi connectivity index (χ4n) is 1.38. The van der Waals surface area contributed by atoms with Gasteiger partial charge in [-0.25, -0.2) is 0 Å². The molecule has 1 unspecified atom stereocenters. The first kappa shape index (κ1) is 9.40. The van der Waals surface area contributed by atoms with Gasteiger partial charge in [-0.2, -0.15) is 0 Å². The van der Waals surface area contributed by atoms with E-state index in [4.69, 9.17) is 4.74 Å². The number of aliphatic imine (C=N–C) groups is 1. The van der Waals surface area contributed by atoms with Crippen molar-refractivity contribution < 1.29 is 9.53 Å². The number of nitrogens with zero attached hydrogens (tertiary/aromatic N) is 1. The van der Waals surface area contributed by atoms with Gasteiger partial charge in [0.25, 0.3) is 0 Å². The fraction of sp³-hybridized carbons (Fsp3) is 0.600. The van der Waals surface area contributed by atoms with Crippen LogP contribution in [0.2, 0.25) is 0 Å². The first-order chi connectivity index (χ1) is 6.81. The minimum Gasteiger partial charge on any atom is -0.495 e. The van der Waals surface area contributed by atoms with Crippen LogP contribution >= 0.6 is 0 Å². The number of likely N-dealkylation sites (N-methyl/N-ethyl adjacent to an activating group) is 1. The predicted octanol–water partition coefficient (Wildman–Crippen LogP) is 0.638. The highest BCUT2D eigenvalue weighted by Crippen LogP contribution is 2.28. The Bertz CT molecular complexity index is 292. The van der Waals surface area contributed by atoms with Gasteiger partial charge in [0, 0.05) is 0 Å². The van der Waals surface area contributed by atoms with Crippen molar-refractivity contribution in [1.29, 1.82) is 0 Å². The Labute approximate surface area is 83.0 Å². The van der Waals surface area contributed by atoms with Gasteiger partial charge in [0.05, 0.1) is 18.2 Å². The Morgan fingerprint density at radius 1 is 1.64 bits per heavy atom. The van der Waals surface area contributed by atoms with Crippen LogP contribution in [0, 0.1) is 0 Å². The number of carbonyl (C=O) groups is 1. The number of hydrogen-bond acceptors (Lipinski definition) is 4. The van der Waals surface area contributed by atoms with Gasteiger partial charge in [-0.1, -0.05) is 0 Å². The second-order valence-electron chi connectivity index (χ2n) is 3.60. The molecule has 0 amide bonds. The van der Waals surface area contributed by atoms with Gasteiger partial charge in [0.15, 0.2) is 6.29 Å². The summed E-state index contributed by atoms with van der Waals surface area (Å²) in [6.07, 6.45) is 5.81. The highest BCUT2D eigenvalue weighted by Gasteiger charge is 2.26. The number of carbonyl (C=O) groups excluding carboxylic acids is 1. The van der Waals surface area contributed by atoms with Crippen molar-refractivity contribution >= 4 is 12.0 Å².